The zero-order valence-electron chi connectivity index (χ0n) is 11.4. The van der Waals surface area contributed by atoms with Crippen molar-refractivity contribution in [1.29, 1.82) is 0 Å². The van der Waals surface area contributed by atoms with Crippen LogP contribution in [0.5, 0.6) is 0 Å². The fraction of sp³-hybridized carbons (Fsp3) is 0.600. The van der Waals surface area contributed by atoms with E-state index in [4.69, 9.17) is 0 Å². The number of benzene rings is 1. The van der Waals surface area contributed by atoms with E-state index >= 15 is 0 Å². The van der Waals surface area contributed by atoms with Gasteiger partial charge in [-0.1, -0.05) is 26.0 Å². The van der Waals surface area contributed by atoms with Gasteiger partial charge in [-0.3, -0.25) is 0 Å². The molecular formula is C15H24N2O. The molecule has 2 N–H and O–H groups in total. The first-order valence-electron chi connectivity index (χ1n) is 6.93. The second-order valence-electron chi connectivity index (χ2n) is 5.23. The number of anilines is 1. The Bertz CT molecular complexity index is 363. The topological polar surface area (TPSA) is 35.5 Å². The van der Waals surface area contributed by atoms with Gasteiger partial charge in [-0.15, -0.1) is 0 Å². The number of hydrogen-bond donors (Lipinski definition) is 2. The molecule has 2 unspecified atom stereocenters. The van der Waals surface area contributed by atoms with Gasteiger partial charge in [0.25, 0.3) is 0 Å². The molecule has 0 aromatic heterocycles. The van der Waals surface area contributed by atoms with Crippen molar-refractivity contribution in [3.8, 4) is 0 Å². The average Bonchev–Trinajstić information content (AvgIpc) is 2.40. The Labute approximate surface area is 110 Å². The summed E-state index contributed by atoms with van der Waals surface area (Å²) in [4.78, 5) is 2.37. The minimum Gasteiger partial charge on any atom is -0.393 e. The molecule has 18 heavy (non-hydrogen) atoms. The SMILES string of the molecule is CCNCc1ccc(N2CCC(O)C(C)C2)cc1. The average molecular weight is 248 g/mol. The summed E-state index contributed by atoms with van der Waals surface area (Å²) in [7, 11) is 0. The standard InChI is InChI=1S/C15H24N2O/c1-3-16-10-13-4-6-14(7-5-13)17-9-8-15(18)12(2)11-17/h4-7,12,15-16,18H,3,8-11H2,1-2H3. The highest BCUT2D eigenvalue weighted by atomic mass is 16.3. The summed E-state index contributed by atoms with van der Waals surface area (Å²) in [6, 6.07) is 8.76. The molecule has 3 nitrogen and oxygen atoms in total. The van der Waals surface area contributed by atoms with Gasteiger partial charge >= 0.3 is 0 Å². The number of aliphatic hydroxyl groups is 1. The van der Waals surface area contributed by atoms with Gasteiger partial charge in [-0.2, -0.15) is 0 Å². The Morgan fingerprint density at radius 1 is 1.33 bits per heavy atom. The van der Waals surface area contributed by atoms with Crippen molar-refractivity contribution >= 4 is 5.69 Å². The molecule has 100 valence electrons. The molecular weight excluding hydrogens is 224 g/mol. The van der Waals surface area contributed by atoms with Crippen LogP contribution < -0.4 is 10.2 Å². The Balaban J connectivity index is 1.97. The molecule has 1 aliphatic rings. The quantitative estimate of drug-likeness (QED) is 0.855. The fourth-order valence-electron chi connectivity index (χ4n) is 2.46. The summed E-state index contributed by atoms with van der Waals surface area (Å²) >= 11 is 0. The number of aliphatic hydroxyl groups excluding tert-OH is 1. The van der Waals surface area contributed by atoms with Gasteiger partial charge in [0.05, 0.1) is 6.10 Å². The molecule has 2 atom stereocenters. The lowest BCUT2D eigenvalue weighted by atomic mass is 9.96. The normalized spacial score (nSPS) is 24.3. The van der Waals surface area contributed by atoms with Crippen LogP contribution in [0.4, 0.5) is 5.69 Å². The molecule has 0 bridgehead atoms. The number of nitrogens with one attached hydrogen (secondary N) is 1. The molecule has 1 heterocycles. The lowest BCUT2D eigenvalue weighted by molar-refractivity contribution is 0.0971. The molecule has 0 saturated carbocycles. The number of nitrogens with zero attached hydrogens (tertiary/aromatic N) is 1. The van der Waals surface area contributed by atoms with Crippen LogP contribution in [0.15, 0.2) is 24.3 Å². The third-order valence-electron chi connectivity index (χ3n) is 3.74. The first kappa shape index (κ1) is 13.4. The van der Waals surface area contributed by atoms with Crippen LogP contribution >= 0.6 is 0 Å². The maximum atomic E-state index is 9.75. The predicted octanol–water partition coefficient (Wildman–Crippen LogP) is 2.00. The fourth-order valence-corrected chi connectivity index (χ4v) is 2.46. The van der Waals surface area contributed by atoms with Gasteiger partial charge in [0, 0.05) is 25.3 Å². The summed E-state index contributed by atoms with van der Waals surface area (Å²) in [5, 5.41) is 13.1. The minimum atomic E-state index is -0.130. The van der Waals surface area contributed by atoms with Crippen LogP contribution in [-0.4, -0.2) is 30.8 Å². The highest BCUT2D eigenvalue weighted by molar-refractivity contribution is 5.48. The Hall–Kier alpha value is -1.06. The van der Waals surface area contributed by atoms with Crippen LogP contribution in [0.1, 0.15) is 25.8 Å². The number of hydrogen-bond acceptors (Lipinski definition) is 3. The van der Waals surface area contributed by atoms with Gasteiger partial charge in [0.1, 0.15) is 0 Å². The molecule has 1 fully saturated rings. The lowest BCUT2D eigenvalue weighted by Gasteiger charge is -2.36. The maximum Gasteiger partial charge on any atom is 0.0599 e. The molecule has 0 aliphatic carbocycles. The molecule has 1 aromatic carbocycles. The molecule has 1 aromatic rings. The Morgan fingerprint density at radius 2 is 2.06 bits per heavy atom. The molecule has 2 rings (SSSR count). The van der Waals surface area contributed by atoms with E-state index in [9.17, 15) is 5.11 Å². The first-order valence-corrected chi connectivity index (χ1v) is 6.93. The zero-order chi connectivity index (χ0) is 13.0. The van der Waals surface area contributed by atoms with Gasteiger partial charge in [0.15, 0.2) is 0 Å². The van der Waals surface area contributed by atoms with E-state index in [1.165, 1.54) is 11.3 Å². The molecule has 0 radical (unpaired) electrons. The first-order chi connectivity index (χ1) is 8.70. The molecule has 3 heteroatoms. The van der Waals surface area contributed by atoms with Crippen LogP contribution in [0, 0.1) is 5.92 Å². The van der Waals surface area contributed by atoms with E-state index < -0.39 is 0 Å². The highest BCUT2D eigenvalue weighted by Crippen LogP contribution is 2.23. The van der Waals surface area contributed by atoms with E-state index in [0.717, 1.165) is 32.6 Å². The van der Waals surface area contributed by atoms with Crippen LogP contribution in [0.25, 0.3) is 0 Å². The van der Waals surface area contributed by atoms with Crippen molar-refractivity contribution in [1.82, 2.24) is 5.32 Å². The third-order valence-corrected chi connectivity index (χ3v) is 3.74. The molecule has 1 aliphatic heterocycles. The van der Waals surface area contributed by atoms with Crippen LogP contribution in [0.3, 0.4) is 0 Å². The lowest BCUT2D eigenvalue weighted by Crippen LogP contribution is -2.41. The number of rotatable bonds is 4. The van der Waals surface area contributed by atoms with Crippen molar-refractivity contribution in [2.45, 2.75) is 32.9 Å². The minimum absolute atomic E-state index is 0.130. The smallest absolute Gasteiger partial charge is 0.0599 e. The Morgan fingerprint density at radius 3 is 2.67 bits per heavy atom. The zero-order valence-corrected chi connectivity index (χ0v) is 11.4. The molecule has 0 amide bonds. The monoisotopic (exact) mass is 248 g/mol. The van der Waals surface area contributed by atoms with Gasteiger partial charge in [-0.05, 0) is 36.6 Å². The second-order valence-corrected chi connectivity index (χ2v) is 5.23. The van der Waals surface area contributed by atoms with Crippen molar-refractivity contribution in [2.75, 3.05) is 24.5 Å². The van der Waals surface area contributed by atoms with E-state index in [0.29, 0.717) is 5.92 Å². The van der Waals surface area contributed by atoms with Gasteiger partial charge < -0.3 is 15.3 Å². The van der Waals surface area contributed by atoms with Crippen molar-refractivity contribution in [2.24, 2.45) is 5.92 Å². The second kappa shape index (κ2) is 6.21. The molecule has 0 spiro atoms. The van der Waals surface area contributed by atoms with Crippen molar-refractivity contribution in [3.63, 3.8) is 0 Å². The Kier molecular flexibility index (Phi) is 4.61. The summed E-state index contributed by atoms with van der Waals surface area (Å²) < 4.78 is 0. The van der Waals surface area contributed by atoms with Crippen LogP contribution in [0.2, 0.25) is 0 Å². The maximum absolute atomic E-state index is 9.75. The molecule has 1 saturated heterocycles. The predicted molar refractivity (Wildman–Crippen MR) is 75.8 cm³/mol. The number of piperidine rings is 1. The van der Waals surface area contributed by atoms with Gasteiger partial charge in [0.2, 0.25) is 0 Å². The summed E-state index contributed by atoms with van der Waals surface area (Å²) in [5.74, 6) is 0.361. The van der Waals surface area contributed by atoms with Crippen molar-refractivity contribution < 1.29 is 5.11 Å². The van der Waals surface area contributed by atoms with Crippen LogP contribution in [-0.2, 0) is 6.54 Å². The summed E-state index contributed by atoms with van der Waals surface area (Å²) in [5.41, 5.74) is 2.60. The van der Waals surface area contributed by atoms with E-state index in [1.807, 2.05) is 0 Å². The highest BCUT2D eigenvalue weighted by Gasteiger charge is 2.24. The summed E-state index contributed by atoms with van der Waals surface area (Å²) in [6.45, 7) is 8.09. The van der Waals surface area contributed by atoms with Crippen molar-refractivity contribution in [3.05, 3.63) is 29.8 Å². The summed E-state index contributed by atoms with van der Waals surface area (Å²) in [6.07, 6.45) is 0.745. The van der Waals surface area contributed by atoms with E-state index in [-0.39, 0.29) is 6.10 Å². The van der Waals surface area contributed by atoms with E-state index in [2.05, 4.69) is 48.3 Å². The largest absolute Gasteiger partial charge is 0.393 e. The van der Waals surface area contributed by atoms with Gasteiger partial charge in [-0.25, -0.2) is 0 Å². The third kappa shape index (κ3) is 3.24. The van der Waals surface area contributed by atoms with E-state index in [1.54, 1.807) is 0 Å².